The number of nitrogens with one attached hydrogen (secondary N) is 2. The summed E-state index contributed by atoms with van der Waals surface area (Å²) in [6.07, 6.45) is 2.67. The molecule has 1 heterocycles. The number of pyridine rings is 1. The molecule has 1 aromatic carbocycles. The number of hydrogen-bond acceptors (Lipinski definition) is 5. The number of hydrazine groups is 1. The van der Waals surface area contributed by atoms with Crippen LogP contribution >= 0.6 is 31.9 Å². The third kappa shape index (κ3) is 3.29. The fourth-order valence-corrected chi connectivity index (χ4v) is 3.51. The van der Waals surface area contributed by atoms with Gasteiger partial charge in [0.25, 0.3) is 10.0 Å². The number of nitrogens with two attached hydrogens (primary N) is 1. The van der Waals surface area contributed by atoms with Gasteiger partial charge in [0.05, 0.1) is 11.4 Å². The minimum atomic E-state index is -3.80. The van der Waals surface area contributed by atoms with E-state index in [-0.39, 0.29) is 10.6 Å². The maximum atomic E-state index is 12.4. The number of anilines is 2. The smallest absolute Gasteiger partial charge is 0.265 e. The number of benzene rings is 1. The minimum Gasteiger partial charge on any atom is -0.323 e. The largest absolute Gasteiger partial charge is 0.323 e. The van der Waals surface area contributed by atoms with Gasteiger partial charge in [-0.05, 0) is 40.2 Å². The van der Waals surface area contributed by atoms with Crippen molar-refractivity contribution in [3.63, 3.8) is 0 Å². The van der Waals surface area contributed by atoms with Gasteiger partial charge in [0.15, 0.2) is 0 Å². The number of rotatable bonds is 4. The summed E-state index contributed by atoms with van der Waals surface area (Å²) in [5.74, 6) is 5.31. The van der Waals surface area contributed by atoms with Crippen LogP contribution in [0, 0.1) is 0 Å². The fourth-order valence-electron chi connectivity index (χ4n) is 1.49. The molecule has 0 fully saturated rings. The van der Waals surface area contributed by atoms with Crippen LogP contribution in [0.3, 0.4) is 0 Å². The first-order valence-corrected chi connectivity index (χ1v) is 8.39. The Morgan fingerprint density at radius 3 is 2.60 bits per heavy atom. The molecule has 0 bridgehead atoms. The number of hydrogen-bond donors (Lipinski definition) is 3. The van der Waals surface area contributed by atoms with E-state index < -0.39 is 10.0 Å². The van der Waals surface area contributed by atoms with Gasteiger partial charge >= 0.3 is 0 Å². The average Bonchev–Trinajstić information content (AvgIpc) is 2.42. The predicted molar refractivity (Wildman–Crippen MR) is 84.7 cm³/mol. The highest BCUT2D eigenvalue weighted by atomic mass is 79.9. The molecule has 9 heteroatoms. The van der Waals surface area contributed by atoms with Crippen molar-refractivity contribution in [1.29, 1.82) is 0 Å². The van der Waals surface area contributed by atoms with E-state index in [0.29, 0.717) is 10.2 Å². The Morgan fingerprint density at radius 1 is 1.15 bits per heavy atom. The number of halogens is 2. The van der Waals surface area contributed by atoms with E-state index in [4.69, 9.17) is 5.84 Å². The van der Waals surface area contributed by atoms with Crippen molar-refractivity contribution in [3.8, 4) is 0 Å². The molecule has 20 heavy (non-hydrogen) atoms. The lowest BCUT2D eigenvalue weighted by Gasteiger charge is -2.12. The molecule has 0 aliphatic heterocycles. The highest BCUT2D eigenvalue weighted by Crippen LogP contribution is 2.29. The first kappa shape index (κ1) is 15.2. The molecule has 2 rings (SSSR count). The summed E-state index contributed by atoms with van der Waals surface area (Å²) in [5.41, 5.74) is 3.00. The summed E-state index contributed by atoms with van der Waals surface area (Å²) in [4.78, 5) is 3.77. The lowest BCUT2D eigenvalue weighted by Crippen LogP contribution is -2.18. The molecule has 0 radical (unpaired) electrons. The molecule has 0 saturated carbocycles. The van der Waals surface area contributed by atoms with Crippen molar-refractivity contribution in [2.24, 2.45) is 5.84 Å². The highest BCUT2D eigenvalue weighted by molar-refractivity contribution is 9.11. The standard InChI is InChI=1S/C11H10Br2N4O2S/c12-7-1-2-8(13)10(5-7)17-20(18,19)11-6-15-4-3-9(11)16-14/h1-6,17H,14H2,(H,15,16). The van der Waals surface area contributed by atoms with Gasteiger partial charge in [-0.1, -0.05) is 15.9 Å². The lowest BCUT2D eigenvalue weighted by molar-refractivity contribution is 0.601. The van der Waals surface area contributed by atoms with Gasteiger partial charge in [-0.3, -0.25) is 15.5 Å². The minimum absolute atomic E-state index is 0.0330. The molecule has 0 aliphatic rings. The molecular formula is C11H10Br2N4O2S. The van der Waals surface area contributed by atoms with Gasteiger partial charge in [0.1, 0.15) is 4.90 Å². The van der Waals surface area contributed by atoms with Crippen molar-refractivity contribution >= 4 is 53.3 Å². The van der Waals surface area contributed by atoms with Gasteiger partial charge in [0, 0.05) is 21.3 Å². The third-order valence-electron chi connectivity index (χ3n) is 2.40. The third-order valence-corrected chi connectivity index (χ3v) is 4.98. The zero-order valence-corrected chi connectivity index (χ0v) is 14.0. The first-order chi connectivity index (χ1) is 9.44. The fraction of sp³-hybridized carbons (Fsp3) is 0. The van der Waals surface area contributed by atoms with Gasteiger partial charge in [-0.25, -0.2) is 8.42 Å². The average molecular weight is 422 g/mol. The molecule has 0 amide bonds. The van der Waals surface area contributed by atoms with Crippen molar-refractivity contribution in [2.75, 3.05) is 10.1 Å². The van der Waals surface area contributed by atoms with E-state index in [1.54, 1.807) is 18.2 Å². The molecule has 4 N–H and O–H groups in total. The summed E-state index contributed by atoms with van der Waals surface area (Å²) >= 11 is 6.58. The Hall–Kier alpha value is -1.16. The van der Waals surface area contributed by atoms with E-state index in [1.165, 1.54) is 18.5 Å². The molecular weight excluding hydrogens is 412 g/mol. The van der Waals surface area contributed by atoms with Crippen molar-refractivity contribution in [1.82, 2.24) is 4.98 Å². The van der Waals surface area contributed by atoms with Crippen LogP contribution in [0.4, 0.5) is 11.4 Å². The zero-order valence-electron chi connectivity index (χ0n) is 9.97. The van der Waals surface area contributed by atoms with E-state index in [1.807, 2.05) is 0 Å². The van der Waals surface area contributed by atoms with Crippen LogP contribution in [0.15, 0.2) is 50.5 Å². The maximum Gasteiger partial charge on any atom is 0.265 e. The quantitative estimate of drug-likeness (QED) is 0.520. The summed E-state index contributed by atoms with van der Waals surface area (Å²) < 4.78 is 28.6. The van der Waals surface area contributed by atoms with Crippen LogP contribution in [0.2, 0.25) is 0 Å². The van der Waals surface area contributed by atoms with Crippen LogP contribution < -0.4 is 16.0 Å². The van der Waals surface area contributed by atoms with Gasteiger partial charge in [-0.2, -0.15) is 0 Å². The Kier molecular flexibility index (Phi) is 4.63. The lowest BCUT2D eigenvalue weighted by atomic mass is 10.3. The van der Waals surface area contributed by atoms with Crippen LogP contribution in [0.25, 0.3) is 0 Å². The Bertz CT molecular complexity index is 737. The van der Waals surface area contributed by atoms with Crippen LogP contribution in [-0.4, -0.2) is 13.4 Å². The molecule has 0 atom stereocenters. The Balaban J connectivity index is 2.43. The second-order valence-electron chi connectivity index (χ2n) is 3.75. The molecule has 106 valence electrons. The normalized spacial score (nSPS) is 11.2. The number of nitrogens with zero attached hydrogens (tertiary/aromatic N) is 1. The maximum absolute atomic E-state index is 12.4. The zero-order chi connectivity index (χ0) is 14.8. The molecule has 1 aromatic heterocycles. The van der Waals surface area contributed by atoms with Crippen molar-refractivity contribution in [3.05, 3.63) is 45.6 Å². The molecule has 0 spiro atoms. The molecule has 0 saturated heterocycles. The Morgan fingerprint density at radius 2 is 1.90 bits per heavy atom. The topological polar surface area (TPSA) is 97.1 Å². The summed E-state index contributed by atoms with van der Waals surface area (Å²) in [6, 6.07) is 6.64. The number of sulfonamides is 1. The van der Waals surface area contributed by atoms with Crippen molar-refractivity contribution in [2.45, 2.75) is 4.90 Å². The second kappa shape index (κ2) is 6.08. The van der Waals surface area contributed by atoms with Gasteiger partial charge in [-0.15, -0.1) is 0 Å². The molecule has 6 nitrogen and oxygen atoms in total. The first-order valence-electron chi connectivity index (χ1n) is 5.32. The van der Waals surface area contributed by atoms with Gasteiger partial charge < -0.3 is 5.43 Å². The number of aromatic nitrogens is 1. The van der Waals surface area contributed by atoms with Crippen molar-refractivity contribution < 1.29 is 8.42 Å². The van der Waals surface area contributed by atoms with E-state index in [0.717, 1.165) is 4.47 Å². The SMILES string of the molecule is NNc1ccncc1S(=O)(=O)Nc1cc(Br)ccc1Br. The predicted octanol–water partition coefficient (Wildman–Crippen LogP) is 2.69. The van der Waals surface area contributed by atoms with Crippen LogP contribution in [0.5, 0.6) is 0 Å². The summed E-state index contributed by atoms with van der Waals surface area (Å²) in [7, 11) is -3.80. The van der Waals surface area contributed by atoms with E-state index in [9.17, 15) is 8.42 Å². The van der Waals surface area contributed by atoms with E-state index in [2.05, 4.69) is 47.0 Å². The molecule has 2 aromatic rings. The Labute approximate surface area is 133 Å². The van der Waals surface area contributed by atoms with Crippen LogP contribution in [-0.2, 0) is 10.0 Å². The molecule has 0 aliphatic carbocycles. The van der Waals surface area contributed by atoms with E-state index >= 15 is 0 Å². The second-order valence-corrected chi connectivity index (χ2v) is 7.17. The summed E-state index contributed by atoms with van der Waals surface area (Å²) in [6.45, 7) is 0. The summed E-state index contributed by atoms with van der Waals surface area (Å²) in [5, 5.41) is 0. The monoisotopic (exact) mass is 420 g/mol. The highest BCUT2D eigenvalue weighted by Gasteiger charge is 2.19. The molecule has 0 unspecified atom stereocenters. The van der Waals surface area contributed by atoms with Gasteiger partial charge in [0.2, 0.25) is 0 Å². The van der Waals surface area contributed by atoms with Crippen LogP contribution in [0.1, 0.15) is 0 Å². The number of nitrogen functional groups attached to an aromatic ring is 1.